The van der Waals surface area contributed by atoms with Crippen LogP contribution in [0.15, 0.2) is 0 Å². The molecule has 2 aliphatic heterocycles. The number of aliphatic hydroxyl groups excluding tert-OH is 1. The summed E-state index contributed by atoms with van der Waals surface area (Å²) in [5.41, 5.74) is 0. The van der Waals surface area contributed by atoms with E-state index in [-0.39, 0.29) is 24.5 Å². The Balaban J connectivity index is 1.95. The van der Waals surface area contributed by atoms with Gasteiger partial charge in [0.25, 0.3) is 0 Å². The largest absolute Gasteiger partial charge is 0.394 e. The fraction of sp³-hybridized carbons (Fsp3) is 0.900. The third-order valence-electron chi connectivity index (χ3n) is 3.28. The zero-order valence-electron chi connectivity index (χ0n) is 8.41. The Morgan fingerprint density at radius 3 is 3.00 bits per heavy atom. The monoisotopic (exact) mass is 198 g/mol. The van der Waals surface area contributed by atoms with E-state index in [0.717, 1.165) is 38.9 Å². The van der Waals surface area contributed by atoms with Crippen molar-refractivity contribution in [3.63, 3.8) is 0 Å². The predicted octanol–water partition coefficient (Wildman–Crippen LogP) is -0.421. The van der Waals surface area contributed by atoms with Crippen LogP contribution < -0.4 is 5.32 Å². The minimum atomic E-state index is 0.0862. The normalized spacial score (nSPS) is 32.5. The molecule has 2 heterocycles. The smallest absolute Gasteiger partial charge is 0.227 e. The molecule has 1 amide bonds. The number of rotatable bonds is 2. The van der Waals surface area contributed by atoms with Gasteiger partial charge in [0, 0.05) is 13.1 Å². The van der Waals surface area contributed by atoms with Crippen LogP contribution in [0.1, 0.15) is 19.3 Å². The maximum atomic E-state index is 12.0. The summed E-state index contributed by atoms with van der Waals surface area (Å²) in [6.07, 6.45) is 2.95. The standard InChI is InChI=1S/C10H18N2O2/c13-7-9-2-1-5-12(9)10(14)8-3-4-11-6-8/h8-9,11,13H,1-7H2. The molecule has 0 radical (unpaired) electrons. The molecule has 0 aromatic heterocycles. The molecule has 2 atom stereocenters. The molecule has 4 nitrogen and oxygen atoms in total. The number of hydrogen-bond acceptors (Lipinski definition) is 3. The average Bonchev–Trinajstić information content (AvgIpc) is 2.87. The van der Waals surface area contributed by atoms with Gasteiger partial charge in [-0.05, 0) is 25.8 Å². The van der Waals surface area contributed by atoms with Crippen molar-refractivity contribution in [2.45, 2.75) is 25.3 Å². The highest BCUT2D eigenvalue weighted by Gasteiger charge is 2.33. The molecule has 0 aliphatic carbocycles. The van der Waals surface area contributed by atoms with Crippen LogP contribution in [-0.4, -0.2) is 48.2 Å². The van der Waals surface area contributed by atoms with Gasteiger partial charge in [-0.25, -0.2) is 0 Å². The Hall–Kier alpha value is -0.610. The molecule has 2 aliphatic rings. The van der Waals surface area contributed by atoms with Crippen molar-refractivity contribution >= 4 is 5.91 Å². The number of likely N-dealkylation sites (tertiary alicyclic amines) is 1. The maximum absolute atomic E-state index is 12.0. The highest BCUT2D eigenvalue weighted by molar-refractivity contribution is 5.80. The van der Waals surface area contributed by atoms with Gasteiger partial charge in [-0.2, -0.15) is 0 Å². The molecule has 0 spiro atoms. The van der Waals surface area contributed by atoms with Crippen LogP contribution >= 0.6 is 0 Å². The summed E-state index contributed by atoms with van der Waals surface area (Å²) >= 11 is 0. The van der Waals surface area contributed by atoms with E-state index in [0.29, 0.717) is 0 Å². The number of carbonyl (C=O) groups is 1. The van der Waals surface area contributed by atoms with Crippen molar-refractivity contribution < 1.29 is 9.90 Å². The summed E-state index contributed by atoms with van der Waals surface area (Å²) in [5, 5.41) is 12.3. The van der Waals surface area contributed by atoms with Gasteiger partial charge < -0.3 is 15.3 Å². The van der Waals surface area contributed by atoms with Crippen molar-refractivity contribution in [2.75, 3.05) is 26.2 Å². The van der Waals surface area contributed by atoms with E-state index < -0.39 is 0 Å². The summed E-state index contributed by atoms with van der Waals surface area (Å²) in [6.45, 7) is 2.72. The van der Waals surface area contributed by atoms with E-state index >= 15 is 0 Å². The van der Waals surface area contributed by atoms with Gasteiger partial charge in [0.2, 0.25) is 5.91 Å². The van der Waals surface area contributed by atoms with Crippen molar-refractivity contribution in [3.8, 4) is 0 Å². The number of nitrogens with one attached hydrogen (secondary N) is 1. The van der Waals surface area contributed by atoms with E-state index in [4.69, 9.17) is 5.11 Å². The minimum Gasteiger partial charge on any atom is -0.394 e. The second-order valence-electron chi connectivity index (χ2n) is 4.20. The van der Waals surface area contributed by atoms with Crippen molar-refractivity contribution in [1.82, 2.24) is 10.2 Å². The predicted molar refractivity (Wildman–Crippen MR) is 52.8 cm³/mol. The molecule has 2 rings (SSSR count). The molecule has 2 fully saturated rings. The van der Waals surface area contributed by atoms with Crippen molar-refractivity contribution in [1.29, 1.82) is 0 Å². The number of amides is 1. The maximum Gasteiger partial charge on any atom is 0.227 e. The fourth-order valence-corrected chi connectivity index (χ4v) is 2.42. The van der Waals surface area contributed by atoms with Gasteiger partial charge in [-0.3, -0.25) is 4.79 Å². The Morgan fingerprint density at radius 2 is 2.36 bits per heavy atom. The quantitative estimate of drug-likeness (QED) is 0.633. The van der Waals surface area contributed by atoms with Gasteiger partial charge in [0.1, 0.15) is 0 Å². The van der Waals surface area contributed by atoms with Crippen LogP contribution in [0.5, 0.6) is 0 Å². The number of hydrogen-bond donors (Lipinski definition) is 2. The molecular weight excluding hydrogens is 180 g/mol. The summed E-state index contributed by atoms with van der Waals surface area (Å²) in [7, 11) is 0. The van der Waals surface area contributed by atoms with E-state index in [9.17, 15) is 4.79 Å². The Kier molecular flexibility index (Phi) is 3.03. The highest BCUT2D eigenvalue weighted by atomic mass is 16.3. The molecule has 0 bridgehead atoms. The lowest BCUT2D eigenvalue weighted by atomic mass is 10.1. The number of aliphatic hydroxyl groups is 1. The number of nitrogens with zero attached hydrogens (tertiary/aromatic N) is 1. The molecular formula is C10H18N2O2. The average molecular weight is 198 g/mol. The van der Waals surface area contributed by atoms with Gasteiger partial charge in [0.05, 0.1) is 18.6 Å². The first-order valence-electron chi connectivity index (χ1n) is 5.45. The zero-order valence-corrected chi connectivity index (χ0v) is 8.41. The fourth-order valence-electron chi connectivity index (χ4n) is 2.42. The lowest BCUT2D eigenvalue weighted by molar-refractivity contribution is -0.136. The van der Waals surface area contributed by atoms with Crippen LogP contribution in [-0.2, 0) is 4.79 Å². The summed E-state index contributed by atoms with van der Waals surface area (Å²) in [4.78, 5) is 13.9. The lowest BCUT2D eigenvalue weighted by Gasteiger charge is -2.25. The summed E-state index contributed by atoms with van der Waals surface area (Å²) < 4.78 is 0. The van der Waals surface area contributed by atoms with Gasteiger partial charge in [0.15, 0.2) is 0 Å². The molecule has 4 heteroatoms. The molecule has 2 unspecified atom stereocenters. The second-order valence-corrected chi connectivity index (χ2v) is 4.20. The first-order valence-corrected chi connectivity index (χ1v) is 5.45. The highest BCUT2D eigenvalue weighted by Crippen LogP contribution is 2.21. The summed E-state index contributed by atoms with van der Waals surface area (Å²) in [5.74, 6) is 0.397. The van der Waals surface area contributed by atoms with Crippen molar-refractivity contribution in [2.24, 2.45) is 5.92 Å². The van der Waals surface area contributed by atoms with E-state index in [1.54, 1.807) is 0 Å². The van der Waals surface area contributed by atoms with E-state index in [2.05, 4.69) is 5.32 Å². The topological polar surface area (TPSA) is 52.6 Å². The van der Waals surface area contributed by atoms with Crippen LogP contribution in [0, 0.1) is 5.92 Å². The SMILES string of the molecule is O=C(C1CCNC1)N1CCCC1CO. The van der Waals surface area contributed by atoms with Crippen LogP contribution in [0.2, 0.25) is 0 Å². The third kappa shape index (κ3) is 1.77. The van der Waals surface area contributed by atoms with Crippen LogP contribution in [0.3, 0.4) is 0 Å². The minimum absolute atomic E-state index is 0.0862. The van der Waals surface area contributed by atoms with Crippen molar-refractivity contribution in [3.05, 3.63) is 0 Å². The molecule has 14 heavy (non-hydrogen) atoms. The molecule has 0 aromatic rings. The third-order valence-corrected chi connectivity index (χ3v) is 3.28. The Morgan fingerprint density at radius 1 is 1.50 bits per heavy atom. The van der Waals surface area contributed by atoms with E-state index in [1.165, 1.54) is 0 Å². The van der Waals surface area contributed by atoms with Gasteiger partial charge >= 0.3 is 0 Å². The molecule has 0 saturated carbocycles. The van der Waals surface area contributed by atoms with Crippen LogP contribution in [0.25, 0.3) is 0 Å². The Bertz CT molecular complexity index is 214. The van der Waals surface area contributed by atoms with E-state index in [1.807, 2.05) is 4.90 Å². The van der Waals surface area contributed by atoms with Gasteiger partial charge in [-0.15, -0.1) is 0 Å². The number of carbonyl (C=O) groups excluding carboxylic acids is 1. The molecule has 2 saturated heterocycles. The lowest BCUT2D eigenvalue weighted by Crippen LogP contribution is -2.41. The first-order chi connectivity index (χ1) is 6.83. The zero-order chi connectivity index (χ0) is 9.97. The van der Waals surface area contributed by atoms with Crippen LogP contribution in [0.4, 0.5) is 0 Å². The summed E-state index contributed by atoms with van der Waals surface area (Å²) in [6, 6.07) is 0.0862. The van der Waals surface area contributed by atoms with Gasteiger partial charge in [-0.1, -0.05) is 0 Å². The first kappa shape index (κ1) is 9.93. The molecule has 0 aromatic carbocycles. The Labute approximate surface area is 84.3 Å². The molecule has 80 valence electrons. The molecule has 2 N–H and O–H groups in total. The second kappa shape index (κ2) is 4.28.